The summed E-state index contributed by atoms with van der Waals surface area (Å²) in [7, 11) is 1.88. The van der Waals surface area contributed by atoms with Crippen molar-refractivity contribution in [2.75, 3.05) is 13.2 Å². The van der Waals surface area contributed by atoms with Gasteiger partial charge in [0.1, 0.15) is 0 Å². The second kappa shape index (κ2) is 5.99. The third kappa shape index (κ3) is 3.03. The predicted octanol–water partition coefficient (Wildman–Crippen LogP) is 1.28. The maximum absolute atomic E-state index is 9.73. The summed E-state index contributed by atoms with van der Waals surface area (Å²) in [6, 6.07) is 9.70. The molecule has 0 amide bonds. The molecule has 0 aliphatic rings. The van der Waals surface area contributed by atoms with E-state index in [4.69, 9.17) is 0 Å². The summed E-state index contributed by atoms with van der Waals surface area (Å²) in [5, 5.41) is 23.6. The molecule has 0 saturated carbocycles. The Labute approximate surface area is 113 Å². The van der Waals surface area contributed by atoms with Crippen LogP contribution in [0.1, 0.15) is 17.5 Å². The molecule has 0 fully saturated rings. The van der Waals surface area contributed by atoms with Gasteiger partial charge in [-0.25, -0.2) is 0 Å². The van der Waals surface area contributed by atoms with E-state index in [2.05, 4.69) is 5.10 Å². The van der Waals surface area contributed by atoms with E-state index < -0.39 is 5.41 Å². The number of rotatable bonds is 6. The maximum atomic E-state index is 9.73. The van der Waals surface area contributed by atoms with Crippen molar-refractivity contribution in [2.45, 2.75) is 18.3 Å². The Morgan fingerprint density at radius 2 is 1.84 bits per heavy atom. The zero-order valence-electron chi connectivity index (χ0n) is 11.2. The number of aliphatic hydroxyl groups is 2. The summed E-state index contributed by atoms with van der Waals surface area (Å²) in [6.07, 6.45) is 5.26. The van der Waals surface area contributed by atoms with Gasteiger partial charge in [0.15, 0.2) is 0 Å². The van der Waals surface area contributed by atoms with E-state index in [1.54, 1.807) is 4.68 Å². The van der Waals surface area contributed by atoms with Crippen molar-refractivity contribution in [3.8, 4) is 0 Å². The minimum absolute atomic E-state index is 0.0617. The van der Waals surface area contributed by atoms with Crippen molar-refractivity contribution in [2.24, 2.45) is 7.05 Å². The second-order valence-electron chi connectivity index (χ2n) is 4.98. The van der Waals surface area contributed by atoms with Crippen LogP contribution in [0.2, 0.25) is 0 Å². The van der Waals surface area contributed by atoms with E-state index in [0.29, 0.717) is 6.42 Å². The van der Waals surface area contributed by atoms with E-state index in [9.17, 15) is 10.2 Å². The van der Waals surface area contributed by atoms with Gasteiger partial charge in [-0.15, -0.1) is 0 Å². The van der Waals surface area contributed by atoms with Gasteiger partial charge in [0.05, 0.1) is 19.4 Å². The van der Waals surface area contributed by atoms with Gasteiger partial charge in [0.2, 0.25) is 0 Å². The van der Waals surface area contributed by atoms with Gasteiger partial charge >= 0.3 is 0 Å². The number of benzene rings is 1. The summed E-state index contributed by atoms with van der Waals surface area (Å²) in [5.41, 5.74) is 1.51. The van der Waals surface area contributed by atoms with Crippen LogP contribution in [0, 0.1) is 0 Å². The summed E-state index contributed by atoms with van der Waals surface area (Å²) >= 11 is 0. The van der Waals surface area contributed by atoms with Crippen molar-refractivity contribution in [1.29, 1.82) is 0 Å². The molecule has 19 heavy (non-hydrogen) atoms. The van der Waals surface area contributed by atoms with E-state index in [0.717, 1.165) is 17.5 Å². The molecule has 1 heterocycles. The molecule has 0 radical (unpaired) electrons. The van der Waals surface area contributed by atoms with Crippen LogP contribution in [0.4, 0.5) is 0 Å². The molecular weight excluding hydrogens is 240 g/mol. The Morgan fingerprint density at radius 1 is 1.16 bits per heavy atom. The van der Waals surface area contributed by atoms with Crippen LogP contribution in [0.15, 0.2) is 42.7 Å². The Hall–Kier alpha value is -1.65. The first-order chi connectivity index (χ1) is 9.20. The normalized spacial score (nSPS) is 11.7. The fraction of sp³-hybridized carbons (Fsp3) is 0.400. The van der Waals surface area contributed by atoms with Crippen LogP contribution in [0.3, 0.4) is 0 Å². The summed E-state index contributed by atoms with van der Waals surface area (Å²) in [5.74, 6) is 0. The lowest BCUT2D eigenvalue weighted by atomic mass is 9.77. The molecule has 0 aliphatic carbocycles. The van der Waals surface area contributed by atoms with Gasteiger partial charge in [-0.05, 0) is 24.0 Å². The number of nitrogens with zero attached hydrogens (tertiary/aromatic N) is 2. The molecule has 4 heteroatoms. The molecular formula is C15H20N2O2. The number of aryl methyl sites for hydroxylation is 2. The van der Waals surface area contributed by atoms with Gasteiger partial charge in [0, 0.05) is 18.7 Å². The van der Waals surface area contributed by atoms with Gasteiger partial charge in [-0.2, -0.15) is 5.10 Å². The minimum Gasteiger partial charge on any atom is -0.395 e. The van der Waals surface area contributed by atoms with E-state index in [1.165, 1.54) is 0 Å². The fourth-order valence-corrected chi connectivity index (χ4v) is 2.31. The Bertz CT molecular complexity index is 504. The molecule has 102 valence electrons. The first-order valence-corrected chi connectivity index (χ1v) is 6.45. The van der Waals surface area contributed by atoms with E-state index >= 15 is 0 Å². The molecule has 1 aromatic heterocycles. The predicted molar refractivity (Wildman–Crippen MR) is 73.8 cm³/mol. The van der Waals surface area contributed by atoms with Crippen LogP contribution >= 0.6 is 0 Å². The van der Waals surface area contributed by atoms with Crippen LogP contribution in [0.25, 0.3) is 0 Å². The Kier molecular flexibility index (Phi) is 4.35. The summed E-state index contributed by atoms with van der Waals surface area (Å²) in [6.45, 7) is -0.123. The first kappa shape index (κ1) is 13.8. The number of aromatic nitrogens is 2. The van der Waals surface area contributed by atoms with Crippen LogP contribution < -0.4 is 0 Å². The highest BCUT2D eigenvalue weighted by Crippen LogP contribution is 2.28. The zero-order valence-corrected chi connectivity index (χ0v) is 11.2. The third-order valence-electron chi connectivity index (χ3n) is 3.64. The molecule has 1 aromatic carbocycles. The van der Waals surface area contributed by atoms with Crippen molar-refractivity contribution < 1.29 is 10.2 Å². The SMILES string of the molecule is Cn1cc(CCC(CO)(CO)c2ccccc2)cn1. The monoisotopic (exact) mass is 260 g/mol. The molecule has 0 bridgehead atoms. The number of hydrogen-bond donors (Lipinski definition) is 2. The lowest BCUT2D eigenvalue weighted by molar-refractivity contribution is 0.109. The minimum atomic E-state index is -0.586. The summed E-state index contributed by atoms with van der Waals surface area (Å²) < 4.78 is 1.76. The molecule has 0 spiro atoms. The maximum Gasteiger partial charge on any atom is 0.0550 e. The van der Waals surface area contributed by atoms with Gasteiger partial charge < -0.3 is 10.2 Å². The lowest BCUT2D eigenvalue weighted by Gasteiger charge is -2.30. The van der Waals surface area contributed by atoms with Crippen LogP contribution in [0.5, 0.6) is 0 Å². The summed E-state index contributed by atoms with van der Waals surface area (Å²) in [4.78, 5) is 0. The molecule has 0 atom stereocenters. The highest BCUT2D eigenvalue weighted by molar-refractivity contribution is 5.26. The molecule has 0 aliphatic heterocycles. The molecule has 2 rings (SSSR count). The first-order valence-electron chi connectivity index (χ1n) is 6.45. The zero-order chi connectivity index (χ0) is 13.7. The molecule has 4 nitrogen and oxygen atoms in total. The third-order valence-corrected chi connectivity index (χ3v) is 3.64. The highest BCUT2D eigenvalue weighted by Gasteiger charge is 2.30. The Balaban J connectivity index is 2.16. The van der Waals surface area contributed by atoms with Crippen molar-refractivity contribution in [3.63, 3.8) is 0 Å². The topological polar surface area (TPSA) is 58.3 Å². The standard InChI is InChI=1S/C15H20N2O2/c1-17-10-13(9-16-17)7-8-15(11-18,12-19)14-5-3-2-4-6-14/h2-6,9-10,18-19H,7-8,11-12H2,1H3. The van der Waals surface area contributed by atoms with Crippen LogP contribution in [-0.2, 0) is 18.9 Å². The lowest BCUT2D eigenvalue weighted by Crippen LogP contribution is -2.35. The van der Waals surface area contributed by atoms with Crippen molar-refractivity contribution in [1.82, 2.24) is 9.78 Å². The molecule has 2 aromatic rings. The average Bonchev–Trinajstić information content (AvgIpc) is 2.88. The largest absolute Gasteiger partial charge is 0.395 e. The number of hydrogen-bond acceptors (Lipinski definition) is 3. The van der Waals surface area contributed by atoms with Crippen molar-refractivity contribution in [3.05, 3.63) is 53.9 Å². The van der Waals surface area contributed by atoms with Crippen LogP contribution in [-0.4, -0.2) is 33.2 Å². The molecule has 0 unspecified atom stereocenters. The highest BCUT2D eigenvalue weighted by atomic mass is 16.3. The molecule has 0 saturated heterocycles. The van der Waals surface area contributed by atoms with Crippen molar-refractivity contribution >= 4 is 0 Å². The second-order valence-corrected chi connectivity index (χ2v) is 4.98. The number of aliphatic hydroxyl groups excluding tert-OH is 2. The van der Waals surface area contributed by atoms with E-state index in [1.807, 2.05) is 49.8 Å². The van der Waals surface area contributed by atoms with Gasteiger partial charge in [0.25, 0.3) is 0 Å². The Morgan fingerprint density at radius 3 is 2.37 bits per heavy atom. The quantitative estimate of drug-likeness (QED) is 0.822. The van der Waals surface area contributed by atoms with E-state index in [-0.39, 0.29) is 13.2 Å². The van der Waals surface area contributed by atoms with Gasteiger partial charge in [-0.3, -0.25) is 4.68 Å². The molecule has 2 N–H and O–H groups in total. The average molecular weight is 260 g/mol. The fourth-order valence-electron chi connectivity index (χ4n) is 2.31. The smallest absolute Gasteiger partial charge is 0.0550 e. The van der Waals surface area contributed by atoms with Gasteiger partial charge in [-0.1, -0.05) is 30.3 Å².